The van der Waals surface area contributed by atoms with Crippen LogP contribution in [0.3, 0.4) is 0 Å². The lowest BCUT2D eigenvalue weighted by Crippen LogP contribution is -2.29. The number of aromatic nitrogens is 2. The third kappa shape index (κ3) is 3.98. The predicted molar refractivity (Wildman–Crippen MR) is 125 cm³/mol. The molecule has 0 saturated heterocycles. The van der Waals surface area contributed by atoms with Gasteiger partial charge in [-0.15, -0.1) is 0 Å². The zero-order chi connectivity index (χ0) is 22.8. The maximum absolute atomic E-state index is 13.1. The number of hydrogen-bond acceptors (Lipinski definition) is 3. The lowest BCUT2D eigenvalue weighted by molar-refractivity contribution is -0.113. The average molecular weight is 443 g/mol. The Labute approximate surface area is 189 Å². The highest BCUT2D eigenvalue weighted by Gasteiger charge is 2.15. The van der Waals surface area contributed by atoms with E-state index < -0.39 is 5.91 Å². The van der Waals surface area contributed by atoms with Crippen LogP contribution in [0.4, 0.5) is 0 Å². The van der Waals surface area contributed by atoms with E-state index in [1.807, 2.05) is 32.0 Å². The molecule has 7 heteroatoms. The van der Waals surface area contributed by atoms with Crippen LogP contribution in [0.2, 0.25) is 5.02 Å². The minimum atomic E-state index is -0.511. The lowest BCUT2D eigenvalue weighted by atomic mass is 10.1. The average Bonchev–Trinajstić information content (AvgIpc) is 2.78. The highest BCUT2D eigenvalue weighted by Crippen LogP contribution is 2.17. The van der Waals surface area contributed by atoms with Crippen LogP contribution in [0, 0.1) is 11.3 Å². The Morgan fingerprint density at radius 1 is 1.16 bits per heavy atom. The Morgan fingerprint density at radius 2 is 1.91 bits per heavy atom. The van der Waals surface area contributed by atoms with E-state index in [1.165, 1.54) is 16.5 Å². The summed E-state index contributed by atoms with van der Waals surface area (Å²) in [5, 5.41) is 10.8. The van der Waals surface area contributed by atoms with Crippen molar-refractivity contribution in [1.29, 1.82) is 5.26 Å². The summed E-state index contributed by atoms with van der Waals surface area (Å²) in [5.41, 5.74) is 2.28. The zero-order valence-electron chi connectivity index (χ0n) is 17.5. The Hall–Kier alpha value is -3.95. The van der Waals surface area contributed by atoms with E-state index in [0.29, 0.717) is 21.4 Å². The second kappa shape index (κ2) is 8.66. The van der Waals surface area contributed by atoms with Gasteiger partial charge in [0.1, 0.15) is 6.07 Å². The molecule has 0 fully saturated rings. The molecule has 1 amide bonds. The third-order valence-corrected chi connectivity index (χ3v) is 5.31. The number of hydrogen-bond donors (Lipinski definition) is 0. The first-order chi connectivity index (χ1) is 15.4. The van der Waals surface area contributed by atoms with Gasteiger partial charge in [0.2, 0.25) is 0 Å². The first-order valence-electron chi connectivity index (χ1n) is 10.0. The number of carbonyl (C=O) groups excluding carboxylic acids is 1. The molecule has 0 radical (unpaired) electrons. The largest absolute Gasteiger partial charge is 0.322 e. The maximum Gasteiger partial charge on any atom is 0.271 e. The summed E-state index contributed by atoms with van der Waals surface area (Å²) in [6, 6.07) is 17.8. The molecule has 158 valence electrons. The summed E-state index contributed by atoms with van der Waals surface area (Å²) in [7, 11) is 0. The quantitative estimate of drug-likeness (QED) is 0.346. The molecule has 1 aromatic carbocycles. The van der Waals surface area contributed by atoms with Gasteiger partial charge in [0.25, 0.3) is 11.5 Å². The van der Waals surface area contributed by atoms with Crippen LogP contribution >= 0.6 is 11.6 Å². The summed E-state index contributed by atoms with van der Waals surface area (Å²) >= 11 is 5.89. The fraction of sp³-hybridized carbons (Fsp3) is 0.120. The number of fused-ring (bicyclic) bond motifs is 2. The monoisotopic (exact) mass is 442 g/mol. The van der Waals surface area contributed by atoms with Crippen molar-refractivity contribution in [2.45, 2.75) is 19.9 Å². The fourth-order valence-electron chi connectivity index (χ4n) is 3.61. The molecule has 4 aromatic rings. The first-order valence-corrected chi connectivity index (χ1v) is 10.4. The molecule has 6 nitrogen and oxygen atoms in total. The molecule has 0 unspecified atom stereocenters. The minimum Gasteiger partial charge on any atom is -0.322 e. The summed E-state index contributed by atoms with van der Waals surface area (Å²) in [5.74, 6) is -0.511. The van der Waals surface area contributed by atoms with E-state index in [1.54, 1.807) is 47.2 Å². The second-order valence-corrected chi connectivity index (χ2v) is 7.97. The van der Waals surface area contributed by atoms with E-state index in [9.17, 15) is 14.9 Å². The van der Waals surface area contributed by atoms with Gasteiger partial charge in [-0.25, -0.2) is 0 Å². The number of carbonyl (C=O) groups is 1. The van der Waals surface area contributed by atoms with Crippen molar-refractivity contribution < 1.29 is 4.79 Å². The van der Waals surface area contributed by atoms with Crippen molar-refractivity contribution in [2.75, 3.05) is 0 Å². The number of pyridine rings is 3. The van der Waals surface area contributed by atoms with Crippen molar-refractivity contribution >= 4 is 40.0 Å². The third-order valence-electron chi connectivity index (χ3n) is 5.06. The van der Waals surface area contributed by atoms with Crippen LogP contribution in [0.5, 0.6) is 0 Å². The molecule has 0 bridgehead atoms. The molecule has 3 aromatic heterocycles. The van der Waals surface area contributed by atoms with Crippen LogP contribution in [0.1, 0.15) is 31.0 Å². The van der Waals surface area contributed by atoms with Crippen molar-refractivity contribution in [2.24, 2.45) is 4.99 Å². The van der Waals surface area contributed by atoms with E-state index in [-0.39, 0.29) is 22.7 Å². The Bertz CT molecular complexity index is 1550. The second-order valence-electron chi connectivity index (χ2n) is 7.54. The Kier molecular flexibility index (Phi) is 5.76. The van der Waals surface area contributed by atoms with Crippen molar-refractivity contribution in [3.8, 4) is 6.07 Å². The number of nitrogens with zero attached hydrogens (tertiary/aromatic N) is 4. The highest BCUT2D eigenvalue weighted by molar-refractivity contribution is 6.30. The SMILES string of the molecule is CC(C)n1c(=NC(=O)/C=C/c2ccc(Cl)cc2)c(C#N)cc2c(=O)n3ccccc3cc21. The molecule has 4 rings (SSSR count). The summed E-state index contributed by atoms with van der Waals surface area (Å²) < 4.78 is 3.29. The van der Waals surface area contributed by atoms with E-state index in [0.717, 1.165) is 5.56 Å². The minimum absolute atomic E-state index is 0.150. The van der Waals surface area contributed by atoms with E-state index in [4.69, 9.17) is 11.6 Å². The van der Waals surface area contributed by atoms with Gasteiger partial charge in [0.05, 0.1) is 22.0 Å². The number of rotatable bonds is 3. The predicted octanol–water partition coefficient (Wildman–Crippen LogP) is 4.50. The van der Waals surface area contributed by atoms with Gasteiger partial charge in [0.15, 0.2) is 5.49 Å². The Morgan fingerprint density at radius 3 is 2.59 bits per heavy atom. The summed E-state index contributed by atoms with van der Waals surface area (Å²) in [4.78, 5) is 29.9. The van der Waals surface area contributed by atoms with Gasteiger partial charge in [-0.05, 0) is 61.9 Å². The summed E-state index contributed by atoms with van der Waals surface area (Å²) in [6.07, 6.45) is 4.66. The van der Waals surface area contributed by atoms with Gasteiger partial charge in [-0.1, -0.05) is 29.8 Å². The van der Waals surface area contributed by atoms with E-state index >= 15 is 0 Å². The maximum atomic E-state index is 13.1. The molecule has 3 heterocycles. The lowest BCUT2D eigenvalue weighted by Gasteiger charge is -2.17. The normalized spacial score (nSPS) is 12.2. The molecule has 0 N–H and O–H groups in total. The van der Waals surface area contributed by atoms with Crippen LogP contribution in [-0.2, 0) is 4.79 Å². The van der Waals surface area contributed by atoms with Crippen LogP contribution < -0.4 is 11.0 Å². The van der Waals surface area contributed by atoms with Gasteiger partial charge in [-0.2, -0.15) is 10.3 Å². The van der Waals surface area contributed by atoms with Crippen molar-refractivity contribution in [3.05, 3.63) is 98.9 Å². The molecule has 0 saturated carbocycles. The smallest absolute Gasteiger partial charge is 0.271 e. The number of nitriles is 1. The molecule has 32 heavy (non-hydrogen) atoms. The van der Waals surface area contributed by atoms with Gasteiger partial charge < -0.3 is 4.57 Å². The van der Waals surface area contributed by atoms with Gasteiger partial charge in [-0.3, -0.25) is 14.0 Å². The molecule has 0 aliphatic rings. The molecule has 0 aliphatic carbocycles. The van der Waals surface area contributed by atoms with E-state index in [2.05, 4.69) is 11.1 Å². The number of amides is 1. The molecule has 0 atom stereocenters. The van der Waals surface area contributed by atoms with Crippen LogP contribution in [0.25, 0.3) is 22.5 Å². The number of halogens is 1. The molecule has 0 aliphatic heterocycles. The standard InChI is InChI=1S/C25H19ClN4O2/c1-16(2)30-22-14-20-5-3-4-12-29(20)25(32)21(22)13-18(15-27)24(30)28-23(31)11-8-17-6-9-19(26)10-7-17/h3-14,16H,1-2H3/b11-8+,28-24?. The van der Waals surface area contributed by atoms with Crippen molar-refractivity contribution in [1.82, 2.24) is 8.97 Å². The van der Waals surface area contributed by atoms with Crippen molar-refractivity contribution in [3.63, 3.8) is 0 Å². The first kappa shape index (κ1) is 21.3. The summed E-state index contributed by atoms with van der Waals surface area (Å²) in [6.45, 7) is 3.83. The molecular formula is C25H19ClN4O2. The number of benzene rings is 1. The topological polar surface area (TPSA) is 79.6 Å². The molecule has 0 spiro atoms. The Balaban J connectivity index is 1.95. The van der Waals surface area contributed by atoms with Gasteiger partial charge >= 0.3 is 0 Å². The fourth-order valence-corrected chi connectivity index (χ4v) is 3.73. The van der Waals surface area contributed by atoms with Crippen LogP contribution in [0.15, 0.2) is 76.7 Å². The zero-order valence-corrected chi connectivity index (χ0v) is 18.2. The van der Waals surface area contributed by atoms with Crippen LogP contribution in [-0.4, -0.2) is 14.9 Å². The van der Waals surface area contributed by atoms with Gasteiger partial charge in [0, 0.05) is 23.3 Å². The molecular weight excluding hydrogens is 424 g/mol. The highest BCUT2D eigenvalue weighted by atomic mass is 35.5.